The maximum Gasteiger partial charge on any atom is 0.194 e. The van der Waals surface area contributed by atoms with Gasteiger partial charge in [-0.25, -0.2) is 9.37 Å². The van der Waals surface area contributed by atoms with E-state index in [1.54, 1.807) is 23.5 Å². The summed E-state index contributed by atoms with van der Waals surface area (Å²) in [7, 11) is 0. The standard InChI is InChI=1S/C14H10FN3S/c1-9-8-19-14-17-13(12(6-7-16)18(9)14)10-2-4-11(15)5-3-10/h2-5,8H,6H2,1H3. The number of aryl methyl sites for hydroxylation is 1. The molecule has 3 aromatic rings. The molecule has 0 aliphatic rings. The first-order valence-corrected chi connectivity index (χ1v) is 6.67. The summed E-state index contributed by atoms with van der Waals surface area (Å²) in [5.74, 6) is -0.275. The first-order valence-electron chi connectivity index (χ1n) is 5.79. The molecule has 5 heteroatoms. The molecule has 2 aromatic heterocycles. The van der Waals surface area contributed by atoms with Gasteiger partial charge in [-0.2, -0.15) is 5.26 Å². The van der Waals surface area contributed by atoms with E-state index in [0.29, 0.717) is 0 Å². The van der Waals surface area contributed by atoms with Crippen LogP contribution in [0.4, 0.5) is 4.39 Å². The molecule has 0 spiro atoms. The van der Waals surface area contributed by atoms with Crippen molar-refractivity contribution >= 4 is 16.3 Å². The Balaban J connectivity index is 2.25. The lowest BCUT2D eigenvalue weighted by atomic mass is 10.1. The van der Waals surface area contributed by atoms with Crippen LogP contribution < -0.4 is 0 Å². The average Bonchev–Trinajstić information content (AvgIpc) is 2.93. The van der Waals surface area contributed by atoms with Crippen LogP contribution >= 0.6 is 11.3 Å². The van der Waals surface area contributed by atoms with Crippen molar-refractivity contribution in [1.29, 1.82) is 5.26 Å². The van der Waals surface area contributed by atoms with Gasteiger partial charge in [-0.3, -0.25) is 4.40 Å². The third-order valence-corrected chi connectivity index (χ3v) is 3.94. The molecule has 2 heterocycles. The van der Waals surface area contributed by atoms with Gasteiger partial charge in [-0.05, 0) is 31.2 Å². The van der Waals surface area contributed by atoms with E-state index in [4.69, 9.17) is 5.26 Å². The maximum absolute atomic E-state index is 13.0. The normalized spacial score (nSPS) is 10.8. The van der Waals surface area contributed by atoms with Gasteiger partial charge in [0.05, 0.1) is 23.9 Å². The summed E-state index contributed by atoms with van der Waals surface area (Å²) in [5, 5.41) is 11.0. The first kappa shape index (κ1) is 11.9. The van der Waals surface area contributed by atoms with Gasteiger partial charge in [0.1, 0.15) is 5.82 Å². The fourth-order valence-corrected chi connectivity index (χ4v) is 3.03. The summed E-state index contributed by atoms with van der Waals surface area (Å²) in [6.45, 7) is 1.99. The van der Waals surface area contributed by atoms with Gasteiger partial charge < -0.3 is 0 Å². The predicted octanol–water partition coefficient (Wildman–Crippen LogP) is 3.58. The van der Waals surface area contributed by atoms with E-state index in [1.807, 2.05) is 16.7 Å². The molecule has 0 fully saturated rings. The molecule has 0 unspecified atom stereocenters. The Morgan fingerprint density at radius 3 is 2.79 bits per heavy atom. The summed E-state index contributed by atoms with van der Waals surface area (Å²) in [5.41, 5.74) is 3.52. The van der Waals surface area contributed by atoms with Crippen LogP contribution in [0.25, 0.3) is 16.2 Å². The Hall–Kier alpha value is -2.19. The third kappa shape index (κ3) is 1.90. The van der Waals surface area contributed by atoms with E-state index in [2.05, 4.69) is 11.1 Å². The zero-order valence-corrected chi connectivity index (χ0v) is 11.0. The number of fused-ring (bicyclic) bond motifs is 1. The van der Waals surface area contributed by atoms with Crippen molar-refractivity contribution in [3.05, 3.63) is 46.9 Å². The number of imidazole rings is 1. The molecule has 0 saturated carbocycles. The molecule has 94 valence electrons. The van der Waals surface area contributed by atoms with E-state index in [0.717, 1.165) is 27.6 Å². The van der Waals surface area contributed by atoms with Crippen LogP contribution in [0.1, 0.15) is 11.4 Å². The minimum Gasteiger partial charge on any atom is -0.290 e. The molecule has 0 aliphatic heterocycles. The van der Waals surface area contributed by atoms with Crippen LogP contribution in [0.3, 0.4) is 0 Å². The molecular formula is C14H10FN3S. The Morgan fingerprint density at radius 2 is 2.11 bits per heavy atom. The van der Waals surface area contributed by atoms with Crippen LogP contribution in [-0.4, -0.2) is 9.38 Å². The molecular weight excluding hydrogens is 261 g/mol. The lowest BCUT2D eigenvalue weighted by molar-refractivity contribution is 0.628. The molecule has 3 rings (SSSR count). The summed E-state index contributed by atoms with van der Waals surface area (Å²) in [6, 6.07) is 8.37. The van der Waals surface area contributed by atoms with Gasteiger partial charge in [-0.1, -0.05) is 0 Å². The molecule has 0 saturated heterocycles. The average molecular weight is 271 g/mol. The van der Waals surface area contributed by atoms with Crippen molar-refractivity contribution in [2.45, 2.75) is 13.3 Å². The highest BCUT2D eigenvalue weighted by Gasteiger charge is 2.16. The zero-order valence-electron chi connectivity index (χ0n) is 10.2. The van der Waals surface area contributed by atoms with Crippen LogP contribution in [0.15, 0.2) is 29.6 Å². The van der Waals surface area contributed by atoms with Crippen LogP contribution in [0, 0.1) is 24.1 Å². The van der Waals surface area contributed by atoms with E-state index in [-0.39, 0.29) is 12.2 Å². The molecule has 0 atom stereocenters. The number of halogens is 1. The molecule has 0 N–H and O–H groups in total. The highest BCUT2D eigenvalue weighted by Crippen LogP contribution is 2.28. The summed E-state index contributed by atoms with van der Waals surface area (Å²) in [6.07, 6.45) is 0.283. The molecule has 0 amide bonds. The quantitative estimate of drug-likeness (QED) is 0.715. The monoisotopic (exact) mass is 271 g/mol. The van der Waals surface area contributed by atoms with Crippen molar-refractivity contribution in [1.82, 2.24) is 9.38 Å². The highest BCUT2D eigenvalue weighted by molar-refractivity contribution is 7.15. The minimum absolute atomic E-state index is 0.275. The topological polar surface area (TPSA) is 41.1 Å². The predicted molar refractivity (Wildman–Crippen MR) is 72.5 cm³/mol. The number of aromatic nitrogens is 2. The van der Waals surface area contributed by atoms with Crippen molar-refractivity contribution in [2.24, 2.45) is 0 Å². The van der Waals surface area contributed by atoms with Crippen molar-refractivity contribution in [3.63, 3.8) is 0 Å². The van der Waals surface area contributed by atoms with E-state index in [9.17, 15) is 4.39 Å². The number of hydrogen-bond acceptors (Lipinski definition) is 3. The Morgan fingerprint density at radius 1 is 1.37 bits per heavy atom. The van der Waals surface area contributed by atoms with Crippen LogP contribution in [0.5, 0.6) is 0 Å². The number of nitrogens with zero attached hydrogens (tertiary/aromatic N) is 3. The number of rotatable bonds is 2. The minimum atomic E-state index is -0.275. The van der Waals surface area contributed by atoms with Gasteiger partial charge >= 0.3 is 0 Å². The second kappa shape index (κ2) is 4.48. The van der Waals surface area contributed by atoms with Gasteiger partial charge in [-0.15, -0.1) is 11.3 Å². The van der Waals surface area contributed by atoms with E-state index >= 15 is 0 Å². The largest absolute Gasteiger partial charge is 0.290 e. The second-order valence-corrected chi connectivity index (χ2v) is 5.08. The van der Waals surface area contributed by atoms with Crippen LogP contribution in [0.2, 0.25) is 0 Å². The van der Waals surface area contributed by atoms with Gasteiger partial charge in [0.25, 0.3) is 0 Å². The van der Waals surface area contributed by atoms with Crippen molar-refractivity contribution in [3.8, 4) is 17.3 Å². The highest BCUT2D eigenvalue weighted by atomic mass is 32.1. The second-order valence-electron chi connectivity index (χ2n) is 4.24. The number of hydrogen-bond donors (Lipinski definition) is 0. The molecule has 0 aliphatic carbocycles. The molecule has 1 aromatic carbocycles. The fraction of sp³-hybridized carbons (Fsp3) is 0.143. The number of nitriles is 1. The van der Waals surface area contributed by atoms with Crippen LogP contribution in [-0.2, 0) is 6.42 Å². The van der Waals surface area contributed by atoms with Crippen molar-refractivity contribution < 1.29 is 4.39 Å². The smallest absolute Gasteiger partial charge is 0.194 e. The van der Waals surface area contributed by atoms with Gasteiger partial charge in [0.2, 0.25) is 0 Å². The molecule has 19 heavy (non-hydrogen) atoms. The van der Waals surface area contributed by atoms with E-state index in [1.165, 1.54) is 12.1 Å². The van der Waals surface area contributed by atoms with Crippen molar-refractivity contribution in [2.75, 3.05) is 0 Å². The maximum atomic E-state index is 13.0. The summed E-state index contributed by atoms with van der Waals surface area (Å²) < 4.78 is 15.0. The summed E-state index contributed by atoms with van der Waals surface area (Å²) in [4.78, 5) is 5.42. The Labute approximate surface area is 113 Å². The third-order valence-electron chi connectivity index (χ3n) is 2.99. The van der Waals surface area contributed by atoms with Gasteiger partial charge in [0.15, 0.2) is 4.96 Å². The Kier molecular flexibility index (Phi) is 2.80. The lowest BCUT2D eigenvalue weighted by Gasteiger charge is -2.01. The zero-order chi connectivity index (χ0) is 13.4. The fourth-order valence-electron chi connectivity index (χ4n) is 2.14. The lowest BCUT2D eigenvalue weighted by Crippen LogP contribution is -1.94. The SMILES string of the molecule is Cc1csc2nc(-c3ccc(F)cc3)c(CC#N)n12. The van der Waals surface area contributed by atoms with E-state index < -0.39 is 0 Å². The number of thiazole rings is 1. The first-order chi connectivity index (χ1) is 9.20. The number of benzene rings is 1. The molecule has 3 nitrogen and oxygen atoms in total. The molecule has 0 radical (unpaired) electrons. The summed E-state index contributed by atoms with van der Waals surface area (Å²) >= 11 is 1.54. The van der Waals surface area contributed by atoms with Gasteiger partial charge in [0, 0.05) is 16.6 Å². The Bertz CT molecular complexity index is 777. The molecule has 0 bridgehead atoms.